The Morgan fingerprint density at radius 3 is 1.16 bits per heavy atom. The first-order valence-electron chi connectivity index (χ1n) is 9.78. The minimum absolute atomic E-state index is 0.175. The minimum atomic E-state index is -1.39. The van der Waals surface area contributed by atoms with Gasteiger partial charge in [0, 0.05) is 17.8 Å². The standard InChI is InChI=1S/C18H33O6P/c1-4-13-7-19-16(13)10-22-25(23-11-17-14(5-2)8-20-17)24-12-18-15(6-3)9-21-18/h13-18H,4-12H2,1-3H3. The van der Waals surface area contributed by atoms with Crippen molar-refractivity contribution in [1.29, 1.82) is 0 Å². The lowest BCUT2D eigenvalue weighted by atomic mass is 9.96. The van der Waals surface area contributed by atoms with Crippen LogP contribution in [0.25, 0.3) is 0 Å². The lowest BCUT2D eigenvalue weighted by Crippen LogP contribution is -2.44. The molecule has 6 nitrogen and oxygen atoms in total. The zero-order chi connectivity index (χ0) is 17.6. The molecule has 0 bridgehead atoms. The van der Waals surface area contributed by atoms with Gasteiger partial charge in [0.1, 0.15) is 0 Å². The fourth-order valence-electron chi connectivity index (χ4n) is 3.31. The first kappa shape index (κ1) is 19.9. The first-order valence-corrected chi connectivity index (χ1v) is 10.9. The quantitative estimate of drug-likeness (QED) is 0.486. The lowest BCUT2D eigenvalue weighted by Gasteiger charge is -2.39. The van der Waals surface area contributed by atoms with Gasteiger partial charge in [0.2, 0.25) is 0 Å². The summed E-state index contributed by atoms with van der Waals surface area (Å²) in [6.45, 7) is 10.7. The summed E-state index contributed by atoms with van der Waals surface area (Å²) in [5.74, 6) is 1.78. The fraction of sp³-hybridized carbons (Fsp3) is 1.00. The van der Waals surface area contributed by atoms with Crippen LogP contribution < -0.4 is 0 Å². The van der Waals surface area contributed by atoms with Crippen molar-refractivity contribution >= 4 is 8.60 Å². The van der Waals surface area contributed by atoms with Crippen LogP contribution in [0, 0.1) is 17.8 Å². The zero-order valence-corrected chi connectivity index (χ0v) is 16.6. The molecule has 3 heterocycles. The highest BCUT2D eigenvalue weighted by Gasteiger charge is 2.36. The number of hydrogen-bond acceptors (Lipinski definition) is 6. The second kappa shape index (κ2) is 9.93. The SMILES string of the molecule is CCC1COC1COP(OCC1OCC1CC)OCC1OCC1CC. The maximum absolute atomic E-state index is 5.94. The molecule has 3 saturated heterocycles. The molecular weight excluding hydrogens is 343 g/mol. The molecule has 0 saturated carbocycles. The summed E-state index contributed by atoms with van der Waals surface area (Å²) in [5, 5.41) is 0. The van der Waals surface area contributed by atoms with Gasteiger partial charge in [0.25, 0.3) is 0 Å². The van der Waals surface area contributed by atoms with Crippen LogP contribution in [0.4, 0.5) is 0 Å². The highest BCUT2D eigenvalue weighted by atomic mass is 31.2. The Balaban J connectivity index is 1.41. The Hall–Kier alpha value is 0.190. The zero-order valence-electron chi connectivity index (χ0n) is 15.7. The van der Waals surface area contributed by atoms with E-state index in [2.05, 4.69) is 20.8 Å². The highest BCUT2D eigenvalue weighted by molar-refractivity contribution is 7.41. The molecule has 6 atom stereocenters. The van der Waals surface area contributed by atoms with Crippen molar-refractivity contribution in [3.8, 4) is 0 Å². The van der Waals surface area contributed by atoms with Crippen LogP contribution in [-0.4, -0.2) is 58.0 Å². The number of ether oxygens (including phenoxy) is 3. The second-order valence-corrected chi connectivity index (χ2v) is 8.45. The summed E-state index contributed by atoms with van der Waals surface area (Å²) in [7, 11) is -1.39. The van der Waals surface area contributed by atoms with Gasteiger partial charge < -0.3 is 27.8 Å². The van der Waals surface area contributed by atoms with E-state index in [0.29, 0.717) is 37.6 Å². The van der Waals surface area contributed by atoms with Crippen LogP contribution in [0.5, 0.6) is 0 Å². The van der Waals surface area contributed by atoms with Gasteiger partial charge in [-0.25, -0.2) is 0 Å². The molecule has 3 aliphatic rings. The first-order chi connectivity index (χ1) is 12.2. The van der Waals surface area contributed by atoms with Gasteiger partial charge >= 0.3 is 8.60 Å². The van der Waals surface area contributed by atoms with Gasteiger partial charge in [-0.3, -0.25) is 0 Å². The summed E-state index contributed by atoms with van der Waals surface area (Å²) in [5.41, 5.74) is 0. The van der Waals surface area contributed by atoms with Gasteiger partial charge in [0.05, 0.1) is 58.0 Å². The number of hydrogen-bond donors (Lipinski definition) is 0. The third-order valence-electron chi connectivity index (χ3n) is 5.76. The summed E-state index contributed by atoms with van der Waals surface area (Å²) in [6.07, 6.45) is 3.89. The molecule has 0 aliphatic carbocycles. The maximum Gasteiger partial charge on any atom is 0.332 e. The molecule has 0 N–H and O–H groups in total. The van der Waals surface area contributed by atoms with Crippen molar-refractivity contribution in [3.63, 3.8) is 0 Å². The molecule has 0 aromatic heterocycles. The largest absolute Gasteiger partial charge is 0.375 e. The Kier molecular flexibility index (Phi) is 7.92. The lowest BCUT2D eigenvalue weighted by molar-refractivity contribution is -0.148. The smallest absolute Gasteiger partial charge is 0.332 e. The Morgan fingerprint density at radius 1 is 0.640 bits per heavy atom. The minimum Gasteiger partial charge on any atom is -0.375 e. The summed E-state index contributed by atoms with van der Waals surface area (Å²) in [6, 6.07) is 0. The van der Waals surface area contributed by atoms with Crippen LogP contribution in [0.3, 0.4) is 0 Å². The molecular formula is C18H33O6P. The molecule has 25 heavy (non-hydrogen) atoms. The topological polar surface area (TPSA) is 55.4 Å². The van der Waals surface area contributed by atoms with Crippen molar-refractivity contribution in [1.82, 2.24) is 0 Å². The van der Waals surface area contributed by atoms with Crippen molar-refractivity contribution in [2.45, 2.75) is 58.3 Å². The normalized spacial score (nSPS) is 38.5. The summed E-state index contributed by atoms with van der Waals surface area (Å²) >= 11 is 0. The van der Waals surface area contributed by atoms with E-state index < -0.39 is 8.60 Å². The highest BCUT2D eigenvalue weighted by Crippen LogP contribution is 2.43. The maximum atomic E-state index is 5.94. The molecule has 0 aromatic rings. The van der Waals surface area contributed by atoms with Gasteiger partial charge in [-0.15, -0.1) is 0 Å². The van der Waals surface area contributed by atoms with Gasteiger partial charge in [-0.2, -0.15) is 0 Å². The molecule has 7 heteroatoms. The monoisotopic (exact) mass is 376 g/mol. The molecule has 0 amide bonds. The van der Waals surface area contributed by atoms with Gasteiger partial charge in [-0.05, 0) is 19.3 Å². The van der Waals surface area contributed by atoms with E-state index in [0.717, 1.165) is 39.1 Å². The van der Waals surface area contributed by atoms with Crippen molar-refractivity contribution in [2.75, 3.05) is 39.6 Å². The van der Waals surface area contributed by atoms with E-state index in [1.807, 2.05) is 0 Å². The molecule has 3 fully saturated rings. The Bertz CT molecular complexity index is 335. The molecule has 0 radical (unpaired) electrons. The van der Waals surface area contributed by atoms with Crippen molar-refractivity contribution < 1.29 is 27.8 Å². The summed E-state index contributed by atoms with van der Waals surface area (Å²) in [4.78, 5) is 0. The third kappa shape index (κ3) is 5.13. The Morgan fingerprint density at radius 2 is 0.960 bits per heavy atom. The van der Waals surface area contributed by atoms with E-state index >= 15 is 0 Å². The van der Waals surface area contributed by atoms with Crippen LogP contribution in [0.2, 0.25) is 0 Å². The second-order valence-electron chi connectivity index (χ2n) is 7.23. The van der Waals surface area contributed by atoms with E-state index in [4.69, 9.17) is 27.8 Å². The van der Waals surface area contributed by atoms with Crippen molar-refractivity contribution in [3.05, 3.63) is 0 Å². The van der Waals surface area contributed by atoms with E-state index in [1.165, 1.54) is 0 Å². The van der Waals surface area contributed by atoms with Gasteiger partial charge in [0.15, 0.2) is 0 Å². The molecule has 0 spiro atoms. The van der Waals surface area contributed by atoms with Crippen LogP contribution in [0.15, 0.2) is 0 Å². The molecule has 3 aliphatic heterocycles. The van der Waals surface area contributed by atoms with Gasteiger partial charge in [-0.1, -0.05) is 20.8 Å². The average molecular weight is 376 g/mol. The predicted octanol–water partition coefficient (Wildman–Crippen LogP) is 3.54. The number of rotatable bonds is 12. The third-order valence-corrected chi connectivity index (χ3v) is 6.84. The summed E-state index contributed by atoms with van der Waals surface area (Å²) < 4.78 is 34.6. The van der Waals surface area contributed by atoms with E-state index in [1.54, 1.807) is 0 Å². The van der Waals surface area contributed by atoms with Crippen LogP contribution >= 0.6 is 8.60 Å². The Labute approximate surface area is 152 Å². The van der Waals surface area contributed by atoms with Crippen LogP contribution in [-0.2, 0) is 27.8 Å². The molecule has 0 aromatic carbocycles. The molecule has 3 rings (SSSR count). The average Bonchev–Trinajstić information content (AvgIpc) is 2.53. The predicted molar refractivity (Wildman–Crippen MR) is 95.3 cm³/mol. The fourth-order valence-corrected chi connectivity index (χ4v) is 4.34. The van der Waals surface area contributed by atoms with E-state index in [9.17, 15) is 0 Å². The molecule has 6 unspecified atom stereocenters. The molecule has 146 valence electrons. The van der Waals surface area contributed by atoms with Crippen LogP contribution in [0.1, 0.15) is 40.0 Å². The van der Waals surface area contributed by atoms with Crippen molar-refractivity contribution in [2.24, 2.45) is 17.8 Å². The van der Waals surface area contributed by atoms with E-state index in [-0.39, 0.29) is 18.3 Å².